The Morgan fingerprint density at radius 3 is 2.33 bits per heavy atom. The maximum Gasteiger partial charge on any atom is 0.146 e. The van der Waals surface area contributed by atoms with Gasteiger partial charge in [-0.15, -0.1) is 0 Å². The van der Waals surface area contributed by atoms with Crippen LogP contribution < -0.4 is 10.6 Å². The molecule has 0 aliphatic carbocycles. The number of anilines is 1. The molecule has 0 fully saturated rings. The third-order valence-electron chi connectivity index (χ3n) is 3.71. The first-order valence-electron chi connectivity index (χ1n) is 7.27. The average molecular weight is 286 g/mol. The Balaban J connectivity index is 2.00. The van der Waals surface area contributed by atoms with Crippen LogP contribution in [0.5, 0.6) is 0 Å². The molecular formula is C18H23FN2. The molecule has 2 N–H and O–H groups in total. The van der Waals surface area contributed by atoms with Gasteiger partial charge in [-0.1, -0.05) is 41.5 Å². The molecule has 0 aliphatic heterocycles. The second kappa shape index (κ2) is 6.72. The predicted molar refractivity (Wildman–Crippen MR) is 87.1 cm³/mol. The highest BCUT2D eigenvalue weighted by Crippen LogP contribution is 2.21. The summed E-state index contributed by atoms with van der Waals surface area (Å²) in [6.07, 6.45) is 0.785. The highest BCUT2D eigenvalue weighted by atomic mass is 19.1. The Kier molecular flexibility index (Phi) is 4.97. The van der Waals surface area contributed by atoms with Gasteiger partial charge in [-0.05, 0) is 38.0 Å². The summed E-state index contributed by atoms with van der Waals surface area (Å²) in [4.78, 5) is 1.91. The average Bonchev–Trinajstić information content (AvgIpc) is 2.43. The van der Waals surface area contributed by atoms with Crippen molar-refractivity contribution in [2.75, 3.05) is 18.5 Å². The van der Waals surface area contributed by atoms with Crippen LogP contribution in [0.2, 0.25) is 0 Å². The van der Waals surface area contributed by atoms with Gasteiger partial charge in [0.15, 0.2) is 0 Å². The van der Waals surface area contributed by atoms with Gasteiger partial charge >= 0.3 is 0 Å². The van der Waals surface area contributed by atoms with E-state index in [9.17, 15) is 4.39 Å². The molecule has 0 saturated carbocycles. The zero-order valence-corrected chi connectivity index (χ0v) is 12.9. The number of nitrogens with two attached hydrogens (primary N) is 1. The van der Waals surface area contributed by atoms with Crippen molar-refractivity contribution in [3.63, 3.8) is 0 Å². The molecule has 2 nitrogen and oxygen atoms in total. The summed E-state index contributed by atoms with van der Waals surface area (Å²) in [6.45, 7) is 4.87. The van der Waals surface area contributed by atoms with Crippen LogP contribution in [0.3, 0.4) is 0 Å². The van der Waals surface area contributed by atoms with E-state index in [2.05, 4.69) is 32.0 Å². The number of rotatable bonds is 5. The minimum absolute atomic E-state index is 0.0298. The van der Waals surface area contributed by atoms with E-state index in [1.807, 2.05) is 18.0 Å². The van der Waals surface area contributed by atoms with Crippen molar-refractivity contribution in [2.45, 2.75) is 26.3 Å². The van der Waals surface area contributed by atoms with Crippen LogP contribution in [0.1, 0.15) is 29.2 Å². The standard InChI is InChI=1S/C18H23FN2/c1-13-10-14(2)12-15(11-13)17(20)8-9-21(3)18-7-5-4-6-16(18)19/h4-7,10-12,17H,8-9,20H2,1-3H3. The van der Waals surface area contributed by atoms with E-state index in [4.69, 9.17) is 5.73 Å². The van der Waals surface area contributed by atoms with Crippen molar-refractivity contribution in [3.8, 4) is 0 Å². The molecule has 0 amide bonds. The fourth-order valence-electron chi connectivity index (χ4n) is 2.61. The molecule has 0 aromatic heterocycles. The molecule has 2 aromatic carbocycles. The minimum Gasteiger partial charge on any atom is -0.372 e. The topological polar surface area (TPSA) is 29.3 Å². The smallest absolute Gasteiger partial charge is 0.146 e. The molecule has 21 heavy (non-hydrogen) atoms. The van der Waals surface area contributed by atoms with E-state index in [1.54, 1.807) is 12.1 Å². The van der Waals surface area contributed by atoms with Gasteiger partial charge in [0.05, 0.1) is 5.69 Å². The van der Waals surface area contributed by atoms with Crippen LogP contribution >= 0.6 is 0 Å². The molecule has 3 heteroatoms. The molecule has 0 aliphatic rings. The highest BCUT2D eigenvalue weighted by Gasteiger charge is 2.11. The SMILES string of the molecule is Cc1cc(C)cc(C(N)CCN(C)c2ccccc2F)c1. The Labute approximate surface area is 126 Å². The maximum absolute atomic E-state index is 13.7. The number of hydrogen-bond donors (Lipinski definition) is 1. The largest absolute Gasteiger partial charge is 0.372 e. The third-order valence-corrected chi connectivity index (χ3v) is 3.71. The Bertz CT molecular complexity index is 590. The summed E-state index contributed by atoms with van der Waals surface area (Å²) in [7, 11) is 1.90. The summed E-state index contributed by atoms with van der Waals surface area (Å²) in [5, 5.41) is 0. The zero-order valence-electron chi connectivity index (χ0n) is 12.9. The fourth-order valence-corrected chi connectivity index (χ4v) is 2.61. The van der Waals surface area contributed by atoms with Gasteiger partial charge < -0.3 is 10.6 Å². The van der Waals surface area contributed by atoms with Crippen molar-refractivity contribution >= 4 is 5.69 Å². The molecule has 2 aromatic rings. The van der Waals surface area contributed by atoms with Gasteiger partial charge in [-0.25, -0.2) is 4.39 Å². The Morgan fingerprint density at radius 2 is 1.71 bits per heavy atom. The Hall–Kier alpha value is -1.87. The van der Waals surface area contributed by atoms with Crippen molar-refractivity contribution in [1.29, 1.82) is 0 Å². The molecule has 0 spiro atoms. The van der Waals surface area contributed by atoms with Gasteiger partial charge in [0.1, 0.15) is 5.82 Å². The number of halogens is 1. The van der Waals surface area contributed by atoms with Crippen molar-refractivity contribution in [1.82, 2.24) is 0 Å². The van der Waals surface area contributed by atoms with Gasteiger partial charge in [0, 0.05) is 19.6 Å². The molecule has 0 bridgehead atoms. The first-order chi connectivity index (χ1) is 9.97. The summed E-state index contributed by atoms with van der Waals surface area (Å²) >= 11 is 0. The molecule has 1 unspecified atom stereocenters. The first kappa shape index (κ1) is 15.5. The number of para-hydroxylation sites is 1. The summed E-state index contributed by atoms with van der Waals surface area (Å²) in [5.41, 5.74) is 10.5. The number of hydrogen-bond acceptors (Lipinski definition) is 2. The monoisotopic (exact) mass is 286 g/mol. The molecule has 0 saturated heterocycles. The van der Waals surface area contributed by atoms with Crippen LogP contribution in [0.25, 0.3) is 0 Å². The van der Waals surface area contributed by atoms with Crippen LogP contribution in [0.4, 0.5) is 10.1 Å². The zero-order chi connectivity index (χ0) is 15.4. The molecule has 1 atom stereocenters. The lowest BCUT2D eigenvalue weighted by atomic mass is 9.99. The van der Waals surface area contributed by atoms with E-state index in [0.29, 0.717) is 5.69 Å². The van der Waals surface area contributed by atoms with Gasteiger partial charge in [0.25, 0.3) is 0 Å². The molecule has 112 valence electrons. The van der Waals surface area contributed by atoms with Crippen LogP contribution in [-0.2, 0) is 0 Å². The van der Waals surface area contributed by atoms with Gasteiger partial charge in [-0.2, -0.15) is 0 Å². The third kappa shape index (κ3) is 4.05. The number of nitrogens with zero attached hydrogens (tertiary/aromatic N) is 1. The lowest BCUT2D eigenvalue weighted by Crippen LogP contribution is -2.24. The Morgan fingerprint density at radius 1 is 1.10 bits per heavy atom. The van der Waals surface area contributed by atoms with E-state index in [1.165, 1.54) is 17.2 Å². The molecule has 0 heterocycles. The second-order valence-electron chi connectivity index (χ2n) is 5.69. The summed E-state index contributed by atoms with van der Waals surface area (Å²) in [5.74, 6) is -0.194. The maximum atomic E-state index is 13.7. The second-order valence-corrected chi connectivity index (χ2v) is 5.69. The first-order valence-corrected chi connectivity index (χ1v) is 7.27. The van der Waals surface area contributed by atoms with Crippen LogP contribution in [-0.4, -0.2) is 13.6 Å². The summed E-state index contributed by atoms with van der Waals surface area (Å²) < 4.78 is 13.7. The lowest BCUT2D eigenvalue weighted by molar-refractivity contribution is 0.607. The van der Waals surface area contributed by atoms with E-state index < -0.39 is 0 Å². The predicted octanol–water partition coefficient (Wildman–Crippen LogP) is 3.97. The number of aryl methyl sites for hydroxylation is 2. The van der Waals surface area contributed by atoms with Gasteiger partial charge in [-0.3, -0.25) is 0 Å². The highest BCUT2D eigenvalue weighted by molar-refractivity contribution is 5.46. The van der Waals surface area contributed by atoms with E-state index >= 15 is 0 Å². The van der Waals surface area contributed by atoms with Gasteiger partial charge in [0.2, 0.25) is 0 Å². The van der Waals surface area contributed by atoms with Crippen molar-refractivity contribution in [3.05, 3.63) is 65.0 Å². The minimum atomic E-state index is -0.194. The van der Waals surface area contributed by atoms with Crippen molar-refractivity contribution < 1.29 is 4.39 Å². The quantitative estimate of drug-likeness (QED) is 0.901. The van der Waals surface area contributed by atoms with Crippen LogP contribution in [0.15, 0.2) is 42.5 Å². The van der Waals surface area contributed by atoms with Crippen LogP contribution in [0, 0.1) is 19.7 Å². The fraction of sp³-hybridized carbons (Fsp3) is 0.333. The van der Waals surface area contributed by atoms with E-state index in [-0.39, 0.29) is 11.9 Å². The molecule has 0 radical (unpaired) electrons. The molecule has 2 rings (SSSR count). The molecular weight excluding hydrogens is 263 g/mol. The summed E-state index contributed by atoms with van der Waals surface area (Å²) in [6, 6.07) is 13.2. The normalized spacial score (nSPS) is 12.2. The van der Waals surface area contributed by atoms with Crippen molar-refractivity contribution in [2.24, 2.45) is 5.73 Å². The lowest BCUT2D eigenvalue weighted by Gasteiger charge is -2.22. The van der Waals surface area contributed by atoms with E-state index in [0.717, 1.165) is 18.5 Å². The number of benzene rings is 2.